The molecule has 0 spiro atoms. The molecular weight excluding hydrogens is 554 g/mol. The third-order valence-electron chi connectivity index (χ3n) is 9.34. The summed E-state index contributed by atoms with van der Waals surface area (Å²) in [5.41, 5.74) is 0. The number of carboxylic acid groups (broad SMARTS) is 3. The summed E-state index contributed by atoms with van der Waals surface area (Å²) in [7, 11) is 0. The number of allylic oxidation sites excluding steroid dienone is 2. The molecule has 0 fully saturated rings. The number of carboxylic acids is 3. The largest absolute Gasteiger partial charge is 0.477 e. The molecule has 0 aromatic rings. The van der Waals surface area contributed by atoms with Gasteiger partial charge in [0.1, 0.15) is 0 Å². The summed E-state index contributed by atoms with van der Waals surface area (Å²) in [5.74, 6) is -3.27. The van der Waals surface area contributed by atoms with Crippen LogP contribution in [0.4, 0.5) is 0 Å². The summed E-state index contributed by atoms with van der Waals surface area (Å²) in [6.45, 7) is 8.15. The molecule has 0 aliphatic carbocycles. The maximum atomic E-state index is 12.6. The van der Waals surface area contributed by atoms with E-state index in [1.807, 2.05) is 20.8 Å². The number of rotatable bonds is 32. The average Bonchev–Trinajstić information content (AvgIpc) is 2.98. The molecule has 7 heteroatoms. The van der Waals surface area contributed by atoms with E-state index in [2.05, 4.69) is 19.1 Å². The highest BCUT2D eigenvalue weighted by Gasteiger charge is 2.56. The Kier molecular flexibility index (Phi) is 26.2. The zero-order chi connectivity index (χ0) is 33.1. The predicted molar refractivity (Wildman–Crippen MR) is 182 cm³/mol. The van der Waals surface area contributed by atoms with Crippen LogP contribution in [0, 0.1) is 0 Å². The first-order chi connectivity index (χ1) is 21.2. The van der Waals surface area contributed by atoms with E-state index in [0.29, 0.717) is 25.7 Å². The Balaban J connectivity index is 4.80. The highest BCUT2D eigenvalue weighted by atomic mass is 16.4. The Morgan fingerprint density at radius 3 is 1.05 bits per heavy atom. The van der Waals surface area contributed by atoms with Crippen molar-refractivity contribution in [2.75, 3.05) is 6.54 Å². The smallest absolute Gasteiger partial charge is 0.362 e. The first kappa shape index (κ1) is 42.1. The van der Waals surface area contributed by atoms with Crippen LogP contribution < -0.4 is 0 Å². The van der Waals surface area contributed by atoms with Gasteiger partial charge < -0.3 is 15.3 Å². The number of nitrogens with zero attached hydrogens (tertiary/aromatic N) is 1. The summed E-state index contributed by atoms with van der Waals surface area (Å²) >= 11 is 0. The number of hydrogen-bond donors (Lipinski definition) is 3. The van der Waals surface area contributed by atoms with Gasteiger partial charge in [0.15, 0.2) is 18.1 Å². The van der Waals surface area contributed by atoms with Gasteiger partial charge in [0.2, 0.25) is 0 Å². The lowest BCUT2D eigenvalue weighted by Crippen LogP contribution is -2.72. The molecule has 0 saturated heterocycles. The van der Waals surface area contributed by atoms with E-state index in [1.54, 1.807) is 0 Å². The molecule has 0 saturated carbocycles. The molecule has 3 unspecified atom stereocenters. The van der Waals surface area contributed by atoms with Crippen molar-refractivity contribution in [2.24, 2.45) is 0 Å². The van der Waals surface area contributed by atoms with Gasteiger partial charge in [-0.25, -0.2) is 14.4 Å². The van der Waals surface area contributed by atoms with E-state index < -0.39 is 36.0 Å². The molecule has 3 N–H and O–H groups in total. The molecule has 0 aromatic carbocycles. The van der Waals surface area contributed by atoms with Crippen molar-refractivity contribution >= 4 is 17.9 Å². The Hall–Kier alpha value is -1.89. The van der Waals surface area contributed by atoms with Gasteiger partial charge in [-0.2, -0.15) is 0 Å². The molecule has 44 heavy (non-hydrogen) atoms. The van der Waals surface area contributed by atoms with Crippen LogP contribution in [0.1, 0.15) is 182 Å². The van der Waals surface area contributed by atoms with Crippen molar-refractivity contribution < 1.29 is 34.2 Å². The van der Waals surface area contributed by atoms with Crippen molar-refractivity contribution in [3.05, 3.63) is 12.2 Å². The fourth-order valence-corrected chi connectivity index (χ4v) is 6.99. The van der Waals surface area contributed by atoms with E-state index in [1.165, 1.54) is 83.5 Å². The van der Waals surface area contributed by atoms with E-state index in [0.717, 1.165) is 25.7 Å². The van der Waals surface area contributed by atoms with Gasteiger partial charge in [0, 0.05) is 19.3 Å². The van der Waals surface area contributed by atoms with Gasteiger partial charge in [-0.3, -0.25) is 4.48 Å². The van der Waals surface area contributed by atoms with Gasteiger partial charge in [-0.05, 0) is 57.8 Å². The van der Waals surface area contributed by atoms with Crippen LogP contribution in [0.3, 0.4) is 0 Å². The van der Waals surface area contributed by atoms with Crippen molar-refractivity contribution in [3.63, 3.8) is 0 Å². The Morgan fingerprint density at radius 1 is 0.455 bits per heavy atom. The number of quaternary nitrogens is 1. The number of unbranched alkanes of at least 4 members (excludes halogenated alkanes) is 16. The monoisotopic (exact) mass is 625 g/mol. The van der Waals surface area contributed by atoms with Crippen molar-refractivity contribution in [3.8, 4) is 0 Å². The molecule has 7 nitrogen and oxygen atoms in total. The highest BCUT2D eigenvalue weighted by Crippen LogP contribution is 2.34. The topological polar surface area (TPSA) is 112 Å². The second kappa shape index (κ2) is 27.4. The molecule has 0 amide bonds. The van der Waals surface area contributed by atoms with Gasteiger partial charge in [-0.15, -0.1) is 0 Å². The van der Waals surface area contributed by atoms with Crippen molar-refractivity contribution in [2.45, 2.75) is 200 Å². The molecule has 258 valence electrons. The SMILES string of the molecule is CCCCCCCCCCCCCCC/C=C/CCCCC[N+](C(CCC)C(=O)O)(C(CCC)C(=O)O)C(CCC)C(=O)O. The van der Waals surface area contributed by atoms with Crippen LogP contribution in [0.2, 0.25) is 0 Å². The quantitative estimate of drug-likeness (QED) is 0.0390. The van der Waals surface area contributed by atoms with Crippen molar-refractivity contribution in [1.82, 2.24) is 0 Å². The number of carbonyl (C=O) groups is 3. The summed E-state index contributed by atoms with van der Waals surface area (Å²) in [5, 5.41) is 30.9. The maximum absolute atomic E-state index is 12.6. The normalized spacial score (nSPS) is 15.2. The third kappa shape index (κ3) is 17.0. The molecular formula is C37H70NO6+. The first-order valence-corrected chi connectivity index (χ1v) is 18.4. The summed E-state index contributed by atoms with van der Waals surface area (Å²) in [6, 6.07) is -3.17. The maximum Gasteiger partial charge on any atom is 0.362 e. The molecule has 0 aliphatic rings. The van der Waals surface area contributed by atoms with Gasteiger partial charge in [-0.1, -0.05) is 117 Å². The standard InChI is InChI=1S/C37H69NO6/c1-5-9-10-11-12-13-14-15-16-17-18-19-20-21-22-23-24-25-26-27-31-38(32(28-6-2)35(39)40,33(29-7-3)36(41)42)34(30-8-4)37(43)44/h22-23,32-34H,5-21,24-31H2,1-4H3,(H2-,39,40,41,42,43,44)/p+1/b23-22+. The Labute approximate surface area is 270 Å². The minimum atomic E-state index is -1.09. The second-order valence-electron chi connectivity index (χ2n) is 13.0. The number of hydrogen-bond acceptors (Lipinski definition) is 3. The van der Waals surface area contributed by atoms with E-state index in [4.69, 9.17) is 0 Å². The van der Waals surface area contributed by atoms with Gasteiger partial charge in [0.25, 0.3) is 0 Å². The lowest BCUT2D eigenvalue weighted by molar-refractivity contribution is -0.973. The lowest BCUT2D eigenvalue weighted by Gasteiger charge is -2.50. The zero-order valence-electron chi connectivity index (χ0n) is 29.1. The minimum absolute atomic E-state index is 0.258. The van der Waals surface area contributed by atoms with Crippen LogP contribution in [0.5, 0.6) is 0 Å². The second-order valence-corrected chi connectivity index (χ2v) is 13.0. The molecule has 3 atom stereocenters. The van der Waals surface area contributed by atoms with Crippen LogP contribution in [0.25, 0.3) is 0 Å². The third-order valence-corrected chi connectivity index (χ3v) is 9.34. The molecule has 0 bridgehead atoms. The fraction of sp³-hybridized carbons (Fsp3) is 0.865. The fourth-order valence-electron chi connectivity index (χ4n) is 6.99. The molecule has 0 aliphatic heterocycles. The van der Waals surface area contributed by atoms with Gasteiger partial charge >= 0.3 is 17.9 Å². The average molecular weight is 625 g/mol. The molecule has 0 radical (unpaired) electrons. The van der Waals surface area contributed by atoms with E-state index in [-0.39, 0.29) is 30.3 Å². The van der Waals surface area contributed by atoms with Gasteiger partial charge in [0.05, 0.1) is 6.54 Å². The molecule has 0 aromatic heterocycles. The lowest BCUT2D eigenvalue weighted by atomic mass is 9.91. The Morgan fingerprint density at radius 2 is 0.750 bits per heavy atom. The summed E-state index contributed by atoms with van der Waals surface area (Å²) in [6.07, 6.45) is 29.0. The van der Waals surface area contributed by atoms with E-state index >= 15 is 0 Å². The highest BCUT2D eigenvalue weighted by molar-refractivity contribution is 5.78. The molecule has 0 rings (SSSR count). The molecule has 0 heterocycles. The first-order valence-electron chi connectivity index (χ1n) is 18.4. The number of aliphatic carboxylic acids is 3. The summed E-state index contributed by atoms with van der Waals surface area (Å²) < 4.78 is -0.385. The van der Waals surface area contributed by atoms with Crippen molar-refractivity contribution in [1.29, 1.82) is 0 Å². The van der Waals surface area contributed by atoms with Crippen LogP contribution in [-0.4, -0.2) is 62.4 Å². The van der Waals surface area contributed by atoms with Crippen LogP contribution in [-0.2, 0) is 14.4 Å². The van der Waals surface area contributed by atoms with Crippen LogP contribution in [0.15, 0.2) is 12.2 Å². The predicted octanol–water partition coefficient (Wildman–Crippen LogP) is 10.2. The zero-order valence-corrected chi connectivity index (χ0v) is 29.1. The van der Waals surface area contributed by atoms with Crippen LogP contribution >= 0.6 is 0 Å². The minimum Gasteiger partial charge on any atom is -0.477 e. The Bertz CT molecular complexity index is 707. The summed E-state index contributed by atoms with van der Waals surface area (Å²) in [4.78, 5) is 37.8. The van der Waals surface area contributed by atoms with E-state index in [9.17, 15) is 29.7 Å².